The van der Waals surface area contributed by atoms with Gasteiger partial charge in [0.25, 0.3) is 11.8 Å². The molecule has 0 saturated heterocycles. The Balaban J connectivity index is 1.98. The van der Waals surface area contributed by atoms with Crippen LogP contribution in [0.4, 0.5) is 15.1 Å². The summed E-state index contributed by atoms with van der Waals surface area (Å²) in [5, 5.41) is 5.23. The van der Waals surface area contributed by atoms with Crippen molar-refractivity contribution in [3.8, 4) is 0 Å². The second-order valence-corrected chi connectivity index (χ2v) is 7.78. The number of hydrogen-bond donors (Lipinski definition) is 2. The minimum atomic E-state index is -0.843. The molecule has 3 rings (SSSR count). The second kappa shape index (κ2) is 9.72. The lowest BCUT2D eigenvalue weighted by Crippen LogP contribution is -2.16. The topological polar surface area (TPSA) is 84.5 Å². The molecule has 0 saturated carbocycles. The molecule has 2 amide bonds. The summed E-state index contributed by atoms with van der Waals surface area (Å²) in [6, 6.07) is 12.6. The number of nitrogens with one attached hydrogen (secondary N) is 2. The average Bonchev–Trinajstić information content (AvgIpc) is 3.04. The number of thiophene rings is 1. The summed E-state index contributed by atoms with van der Waals surface area (Å²) in [6.45, 7) is 3.32. The Kier molecular flexibility index (Phi) is 7.04. The maximum Gasteiger partial charge on any atom is 0.341 e. The van der Waals surface area contributed by atoms with Gasteiger partial charge in [-0.05, 0) is 43.7 Å². The highest BCUT2D eigenvalue weighted by Crippen LogP contribution is 2.35. The van der Waals surface area contributed by atoms with Crippen LogP contribution in [0.1, 0.15) is 42.9 Å². The number of carbonyl (C=O) groups is 3. The van der Waals surface area contributed by atoms with E-state index in [9.17, 15) is 18.8 Å². The molecular formula is C22H18ClFN2O4S. The van der Waals surface area contributed by atoms with E-state index in [0.717, 1.165) is 17.4 Å². The summed E-state index contributed by atoms with van der Waals surface area (Å²) in [6.07, 6.45) is 0. The molecule has 0 atom stereocenters. The van der Waals surface area contributed by atoms with E-state index in [2.05, 4.69) is 10.6 Å². The number of benzene rings is 2. The highest BCUT2D eigenvalue weighted by molar-refractivity contribution is 7.19. The summed E-state index contributed by atoms with van der Waals surface area (Å²) in [7, 11) is 0. The van der Waals surface area contributed by atoms with Crippen molar-refractivity contribution in [1.29, 1.82) is 0 Å². The van der Waals surface area contributed by atoms with Gasteiger partial charge in [-0.15, -0.1) is 11.3 Å². The van der Waals surface area contributed by atoms with Gasteiger partial charge in [-0.1, -0.05) is 35.9 Å². The first-order valence-electron chi connectivity index (χ1n) is 9.25. The van der Waals surface area contributed by atoms with E-state index < -0.39 is 23.6 Å². The standard InChI is InChI=1S/C22H18ClFN2O4S/c1-3-30-22(29)16-12(2)18(20(28)25-13-8-5-4-6-9-13)31-21(16)26-19(27)17-14(23)10-7-11-15(17)24/h4-11H,3H2,1-2H3,(H,25,28)(H,26,27). The second-order valence-electron chi connectivity index (χ2n) is 6.35. The fourth-order valence-electron chi connectivity index (χ4n) is 2.86. The van der Waals surface area contributed by atoms with Crippen LogP contribution in [-0.4, -0.2) is 24.4 Å². The predicted octanol–water partition coefficient (Wildman–Crippen LogP) is 5.53. The summed E-state index contributed by atoms with van der Waals surface area (Å²) in [5.74, 6) is -2.81. The van der Waals surface area contributed by atoms with Crippen LogP contribution >= 0.6 is 22.9 Å². The maximum absolute atomic E-state index is 14.1. The van der Waals surface area contributed by atoms with Crippen LogP contribution in [0.15, 0.2) is 48.5 Å². The zero-order valence-electron chi connectivity index (χ0n) is 16.6. The smallest absolute Gasteiger partial charge is 0.341 e. The Morgan fingerprint density at radius 2 is 1.71 bits per heavy atom. The van der Waals surface area contributed by atoms with Gasteiger partial charge >= 0.3 is 5.97 Å². The summed E-state index contributed by atoms with van der Waals surface area (Å²) in [5.41, 5.74) is 0.583. The zero-order chi connectivity index (χ0) is 22.5. The third kappa shape index (κ3) is 4.92. The Hall–Kier alpha value is -3.23. The third-order valence-electron chi connectivity index (χ3n) is 4.28. The molecule has 0 bridgehead atoms. The van der Waals surface area contributed by atoms with Crippen LogP contribution in [0.2, 0.25) is 5.02 Å². The van der Waals surface area contributed by atoms with Gasteiger partial charge in [0.2, 0.25) is 0 Å². The Labute approximate surface area is 187 Å². The maximum atomic E-state index is 14.1. The number of ether oxygens (including phenoxy) is 1. The fourth-order valence-corrected chi connectivity index (χ4v) is 4.19. The fraction of sp³-hybridized carbons (Fsp3) is 0.136. The highest BCUT2D eigenvalue weighted by Gasteiger charge is 2.28. The molecule has 0 unspecified atom stereocenters. The molecule has 1 aromatic heterocycles. The van der Waals surface area contributed by atoms with Crippen molar-refractivity contribution in [3.05, 3.63) is 80.9 Å². The first kappa shape index (κ1) is 22.5. The molecular weight excluding hydrogens is 443 g/mol. The van der Waals surface area contributed by atoms with Crippen LogP contribution in [0.5, 0.6) is 0 Å². The van der Waals surface area contributed by atoms with E-state index in [4.69, 9.17) is 16.3 Å². The number of hydrogen-bond acceptors (Lipinski definition) is 5. The number of carbonyl (C=O) groups excluding carboxylic acids is 3. The third-order valence-corrected chi connectivity index (χ3v) is 5.80. The normalized spacial score (nSPS) is 10.5. The van der Waals surface area contributed by atoms with Crippen molar-refractivity contribution in [2.75, 3.05) is 17.2 Å². The van der Waals surface area contributed by atoms with Gasteiger partial charge < -0.3 is 15.4 Å². The molecule has 1 heterocycles. The molecule has 2 aromatic carbocycles. The van der Waals surface area contributed by atoms with E-state index >= 15 is 0 Å². The van der Waals surface area contributed by atoms with Crippen molar-refractivity contribution in [2.24, 2.45) is 0 Å². The van der Waals surface area contributed by atoms with E-state index in [1.54, 1.807) is 38.1 Å². The average molecular weight is 461 g/mol. The van der Waals surface area contributed by atoms with Crippen molar-refractivity contribution in [2.45, 2.75) is 13.8 Å². The molecule has 2 N–H and O–H groups in total. The van der Waals surface area contributed by atoms with Crippen LogP contribution in [0.3, 0.4) is 0 Å². The highest BCUT2D eigenvalue weighted by atomic mass is 35.5. The van der Waals surface area contributed by atoms with Gasteiger partial charge in [0.05, 0.1) is 27.6 Å². The Bertz CT molecular complexity index is 1130. The van der Waals surface area contributed by atoms with Gasteiger partial charge in [0.15, 0.2) is 0 Å². The first-order chi connectivity index (χ1) is 14.8. The number of esters is 1. The molecule has 0 aliphatic rings. The summed E-state index contributed by atoms with van der Waals surface area (Å²) < 4.78 is 19.2. The van der Waals surface area contributed by atoms with Crippen molar-refractivity contribution < 1.29 is 23.5 Å². The SMILES string of the molecule is CCOC(=O)c1c(NC(=O)c2c(F)cccc2Cl)sc(C(=O)Nc2ccccc2)c1C. The van der Waals surface area contributed by atoms with E-state index in [1.807, 2.05) is 6.07 Å². The number of amides is 2. The Morgan fingerprint density at radius 3 is 2.35 bits per heavy atom. The Morgan fingerprint density at radius 1 is 1.00 bits per heavy atom. The molecule has 0 radical (unpaired) electrons. The molecule has 31 heavy (non-hydrogen) atoms. The number of rotatable bonds is 6. The summed E-state index contributed by atoms with van der Waals surface area (Å²) >= 11 is 6.86. The molecule has 0 aliphatic carbocycles. The lowest BCUT2D eigenvalue weighted by atomic mass is 10.1. The van der Waals surface area contributed by atoms with Crippen molar-refractivity contribution in [3.63, 3.8) is 0 Å². The van der Waals surface area contributed by atoms with Crippen LogP contribution in [-0.2, 0) is 4.74 Å². The zero-order valence-corrected chi connectivity index (χ0v) is 18.2. The lowest BCUT2D eigenvalue weighted by molar-refractivity contribution is 0.0527. The minimum Gasteiger partial charge on any atom is -0.462 e. The first-order valence-corrected chi connectivity index (χ1v) is 10.4. The monoisotopic (exact) mass is 460 g/mol. The molecule has 3 aromatic rings. The van der Waals surface area contributed by atoms with Gasteiger partial charge in [0, 0.05) is 5.69 Å². The molecule has 0 spiro atoms. The molecule has 6 nitrogen and oxygen atoms in total. The van der Waals surface area contributed by atoms with E-state index in [0.29, 0.717) is 11.3 Å². The van der Waals surface area contributed by atoms with Crippen LogP contribution in [0.25, 0.3) is 0 Å². The lowest BCUT2D eigenvalue weighted by Gasteiger charge is -2.08. The van der Waals surface area contributed by atoms with Gasteiger partial charge in [-0.2, -0.15) is 0 Å². The number of anilines is 2. The molecule has 9 heteroatoms. The molecule has 0 fully saturated rings. The predicted molar refractivity (Wildman–Crippen MR) is 119 cm³/mol. The quantitative estimate of drug-likeness (QED) is 0.473. The number of halogens is 2. The number of para-hydroxylation sites is 1. The van der Waals surface area contributed by atoms with Gasteiger partial charge in [-0.3, -0.25) is 9.59 Å². The largest absolute Gasteiger partial charge is 0.462 e. The van der Waals surface area contributed by atoms with Crippen LogP contribution < -0.4 is 10.6 Å². The minimum absolute atomic E-state index is 0.0332. The summed E-state index contributed by atoms with van der Waals surface area (Å²) in [4.78, 5) is 38.2. The van der Waals surface area contributed by atoms with Gasteiger partial charge in [0.1, 0.15) is 10.8 Å². The van der Waals surface area contributed by atoms with Crippen molar-refractivity contribution >= 4 is 51.4 Å². The molecule has 160 valence electrons. The van der Waals surface area contributed by atoms with Gasteiger partial charge in [-0.25, -0.2) is 9.18 Å². The van der Waals surface area contributed by atoms with E-state index in [1.165, 1.54) is 12.1 Å². The molecule has 0 aliphatic heterocycles. The van der Waals surface area contributed by atoms with Crippen LogP contribution in [0, 0.1) is 12.7 Å². The van der Waals surface area contributed by atoms with Crippen molar-refractivity contribution in [1.82, 2.24) is 0 Å². The van der Waals surface area contributed by atoms with E-state index in [-0.39, 0.29) is 32.6 Å².